The van der Waals surface area contributed by atoms with E-state index in [0.717, 1.165) is 22.6 Å². The molecule has 2 aromatic carbocycles. The highest BCUT2D eigenvalue weighted by Gasteiger charge is 2.45. The van der Waals surface area contributed by atoms with Gasteiger partial charge in [-0.05, 0) is 69.2 Å². The second kappa shape index (κ2) is 18.2. The molecule has 3 saturated heterocycles. The highest BCUT2D eigenvalue weighted by atomic mass is 19.1. The summed E-state index contributed by atoms with van der Waals surface area (Å²) in [5, 5.41) is 18.4. The number of nitrogens with one attached hydrogen (secondary N) is 3. The monoisotopic (exact) mass is 796 g/mol. The van der Waals surface area contributed by atoms with E-state index in [2.05, 4.69) is 16.0 Å². The molecule has 0 aromatic heterocycles. The molecular formula is C40H50F2N6O9. The number of rotatable bonds is 8. The van der Waals surface area contributed by atoms with Crippen molar-refractivity contribution in [1.82, 2.24) is 30.7 Å². The molecule has 3 aliphatic heterocycles. The Morgan fingerprint density at radius 1 is 0.947 bits per heavy atom. The van der Waals surface area contributed by atoms with Crippen LogP contribution in [-0.2, 0) is 51.1 Å². The van der Waals surface area contributed by atoms with Gasteiger partial charge in [0.1, 0.15) is 54.5 Å². The maximum atomic E-state index is 14.4. The Labute approximate surface area is 329 Å². The van der Waals surface area contributed by atoms with Crippen LogP contribution in [0.25, 0.3) is 0 Å². The zero-order valence-corrected chi connectivity index (χ0v) is 32.6. The Bertz CT molecular complexity index is 1860. The van der Waals surface area contributed by atoms with Gasteiger partial charge in [-0.1, -0.05) is 36.8 Å². The minimum absolute atomic E-state index is 0.0262. The summed E-state index contributed by atoms with van der Waals surface area (Å²) >= 11 is 0. The lowest BCUT2D eigenvalue weighted by Crippen LogP contribution is -2.62. The Kier molecular flexibility index (Phi) is 13.6. The van der Waals surface area contributed by atoms with Crippen molar-refractivity contribution < 1.29 is 52.2 Å². The summed E-state index contributed by atoms with van der Waals surface area (Å²) in [5.41, 5.74) is 1.61. The number of amides is 6. The lowest BCUT2D eigenvalue weighted by Gasteiger charge is -2.36. The first-order valence-electron chi connectivity index (χ1n) is 19.1. The predicted molar refractivity (Wildman–Crippen MR) is 200 cm³/mol. The van der Waals surface area contributed by atoms with Gasteiger partial charge in [0.25, 0.3) is 0 Å². The fraction of sp³-hybridized carbons (Fsp3) is 0.525. The van der Waals surface area contributed by atoms with Crippen LogP contribution in [-0.4, -0.2) is 130 Å². The van der Waals surface area contributed by atoms with E-state index in [9.17, 15) is 47.4 Å². The van der Waals surface area contributed by atoms with Crippen LogP contribution in [0.3, 0.4) is 0 Å². The standard InChI is InChI=1S/C40H50F2N6O9/c1-21-8-10-25(11-9-21)17-33(50)44-29(16-26-14-27(41)18-28(42)15-26)35(51)45-30-20-57-40(56)32-13-22(2)19-48(32)37(53)23(3)43-36(52)34(24(4)49)46(5)39(55)31-7-6-12-47(31)38(30)54/h8-11,14-15,18,22-24,29-32,34,49H,6-7,12-13,16-17,19-20H2,1-5H3,(H,43,52)(H,44,50)(H,45,51)/t22-,23+,24-,29+,30+,31+,32+,34+/m1/s1. The van der Waals surface area contributed by atoms with Crippen molar-refractivity contribution in [1.29, 1.82) is 0 Å². The molecule has 3 aliphatic rings. The average molecular weight is 797 g/mol. The molecule has 8 atom stereocenters. The van der Waals surface area contributed by atoms with E-state index in [1.807, 2.05) is 13.8 Å². The third kappa shape index (κ3) is 10.3. The maximum Gasteiger partial charge on any atom is 0.328 e. The molecule has 308 valence electrons. The quantitative estimate of drug-likeness (QED) is 0.276. The van der Waals surface area contributed by atoms with Crippen LogP contribution in [0.2, 0.25) is 0 Å². The first-order valence-corrected chi connectivity index (χ1v) is 19.1. The van der Waals surface area contributed by atoms with E-state index in [0.29, 0.717) is 18.1 Å². The van der Waals surface area contributed by atoms with Gasteiger partial charge >= 0.3 is 5.97 Å². The van der Waals surface area contributed by atoms with E-state index in [1.165, 1.54) is 30.7 Å². The maximum absolute atomic E-state index is 14.4. The van der Waals surface area contributed by atoms with Crippen molar-refractivity contribution in [3.8, 4) is 0 Å². The van der Waals surface area contributed by atoms with E-state index in [-0.39, 0.29) is 43.8 Å². The van der Waals surface area contributed by atoms with Gasteiger partial charge in [-0.25, -0.2) is 13.6 Å². The van der Waals surface area contributed by atoms with Crippen molar-refractivity contribution >= 4 is 41.4 Å². The van der Waals surface area contributed by atoms with E-state index >= 15 is 0 Å². The number of cyclic esters (lactones) is 1. The van der Waals surface area contributed by atoms with Crippen molar-refractivity contribution in [2.24, 2.45) is 5.92 Å². The van der Waals surface area contributed by atoms with Gasteiger partial charge in [0.15, 0.2) is 0 Å². The highest BCUT2D eigenvalue weighted by Crippen LogP contribution is 2.26. The Balaban J connectivity index is 1.48. The molecule has 4 N–H and O–H groups in total. The molecule has 5 rings (SSSR count). The van der Waals surface area contributed by atoms with E-state index < -0.39 is 108 Å². The molecule has 15 nitrogen and oxygen atoms in total. The molecule has 3 fully saturated rings. The number of hydrogen-bond donors (Lipinski definition) is 4. The summed E-state index contributed by atoms with van der Waals surface area (Å²) < 4.78 is 34.2. The van der Waals surface area contributed by atoms with Crippen LogP contribution < -0.4 is 16.0 Å². The topological polar surface area (TPSA) is 195 Å². The van der Waals surface area contributed by atoms with E-state index in [4.69, 9.17) is 4.74 Å². The number of fused-ring (bicyclic) bond motifs is 2. The number of aryl methyl sites for hydroxylation is 1. The number of hydrogen-bond acceptors (Lipinski definition) is 9. The van der Waals surface area contributed by atoms with Gasteiger partial charge in [0.05, 0.1) is 12.5 Å². The summed E-state index contributed by atoms with van der Waals surface area (Å²) in [6.07, 6.45) is -1.21. The molecule has 3 heterocycles. The third-order valence-electron chi connectivity index (χ3n) is 10.6. The molecule has 57 heavy (non-hydrogen) atoms. The number of aliphatic hydroxyl groups excluding tert-OH is 1. The molecular weight excluding hydrogens is 746 g/mol. The number of ether oxygens (including phenoxy) is 1. The predicted octanol–water partition coefficient (Wildman–Crippen LogP) is 0.525. The molecule has 17 heteroatoms. The summed E-state index contributed by atoms with van der Waals surface area (Å²) in [6.45, 7) is 5.90. The SMILES string of the molecule is Cc1ccc(CC(=O)N[C@@H](Cc2cc(F)cc(F)c2)C(=O)N[C@H]2COC(=O)[C@@H]3C[C@@H](C)CN3C(=O)[C@H](C)NC(=O)[C@H]([C@@H](C)O)N(C)C(=O)[C@@H]3CCCN3C2=O)cc1. The number of carbonyl (C=O) groups is 7. The Morgan fingerprint density at radius 2 is 1.61 bits per heavy atom. The number of esters is 1. The zero-order valence-electron chi connectivity index (χ0n) is 32.6. The summed E-state index contributed by atoms with van der Waals surface area (Å²) in [6, 6.07) is 1.77. The Hall–Kier alpha value is -5.45. The second-order valence-electron chi connectivity index (χ2n) is 15.4. The van der Waals surface area contributed by atoms with Crippen LogP contribution in [0.4, 0.5) is 8.78 Å². The number of aliphatic hydroxyl groups is 1. The third-order valence-corrected chi connectivity index (χ3v) is 10.6. The van der Waals surface area contributed by atoms with Crippen molar-refractivity contribution in [2.45, 2.75) is 102 Å². The lowest BCUT2D eigenvalue weighted by molar-refractivity contribution is -0.158. The fourth-order valence-corrected chi connectivity index (χ4v) is 7.72. The molecule has 0 radical (unpaired) electrons. The molecule has 0 aliphatic carbocycles. The first kappa shape index (κ1) is 42.7. The summed E-state index contributed by atoms with van der Waals surface area (Å²) in [4.78, 5) is 100. The minimum atomic E-state index is -1.63. The van der Waals surface area contributed by atoms with Gasteiger partial charge in [0.2, 0.25) is 35.4 Å². The largest absolute Gasteiger partial charge is 0.461 e. The minimum Gasteiger partial charge on any atom is -0.461 e. The number of nitrogens with zero attached hydrogens (tertiary/aromatic N) is 3. The number of likely N-dealkylation sites (N-methyl/N-ethyl adjacent to an activating group) is 1. The second-order valence-corrected chi connectivity index (χ2v) is 15.4. The van der Waals surface area contributed by atoms with Crippen molar-refractivity contribution in [2.75, 3.05) is 26.7 Å². The lowest BCUT2D eigenvalue weighted by atomic mass is 10.0. The van der Waals surface area contributed by atoms with Crippen LogP contribution in [0, 0.1) is 24.5 Å². The van der Waals surface area contributed by atoms with Crippen LogP contribution in [0.15, 0.2) is 42.5 Å². The molecule has 0 spiro atoms. The smallest absolute Gasteiger partial charge is 0.328 e. The van der Waals surface area contributed by atoms with E-state index in [1.54, 1.807) is 24.3 Å². The van der Waals surface area contributed by atoms with Gasteiger partial charge in [-0.15, -0.1) is 0 Å². The average Bonchev–Trinajstić information content (AvgIpc) is 3.79. The number of carbonyl (C=O) groups excluding carboxylic acids is 7. The van der Waals surface area contributed by atoms with Crippen molar-refractivity contribution in [3.05, 3.63) is 70.8 Å². The van der Waals surface area contributed by atoms with Gasteiger partial charge in [0, 0.05) is 32.6 Å². The van der Waals surface area contributed by atoms with Gasteiger partial charge in [-0.3, -0.25) is 28.8 Å². The molecule has 0 bridgehead atoms. The van der Waals surface area contributed by atoms with Crippen LogP contribution in [0.5, 0.6) is 0 Å². The van der Waals surface area contributed by atoms with Gasteiger partial charge < -0.3 is 40.5 Å². The summed E-state index contributed by atoms with van der Waals surface area (Å²) in [5.74, 6) is -7.37. The highest BCUT2D eigenvalue weighted by molar-refractivity contribution is 5.98. The number of benzene rings is 2. The molecule has 2 aromatic rings. The van der Waals surface area contributed by atoms with Crippen molar-refractivity contribution in [3.63, 3.8) is 0 Å². The molecule has 0 saturated carbocycles. The van der Waals surface area contributed by atoms with Gasteiger partial charge in [-0.2, -0.15) is 0 Å². The Morgan fingerprint density at radius 3 is 2.26 bits per heavy atom. The first-order chi connectivity index (χ1) is 26.9. The van der Waals surface area contributed by atoms with Crippen LogP contribution >= 0.6 is 0 Å². The molecule has 6 amide bonds. The number of halogens is 2. The molecule has 0 unspecified atom stereocenters. The van der Waals surface area contributed by atoms with Crippen LogP contribution in [0.1, 0.15) is 56.7 Å². The fourth-order valence-electron chi connectivity index (χ4n) is 7.72. The normalized spacial score (nSPS) is 26.0. The zero-order chi connectivity index (χ0) is 41.7. The summed E-state index contributed by atoms with van der Waals surface area (Å²) in [7, 11) is 1.30.